The molecule has 148 valence electrons. The van der Waals surface area contributed by atoms with Gasteiger partial charge in [-0.2, -0.15) is 4.37 Å². The molecule has 0 fully saturated rings. The predicted molar refractivity (Wildman–Crippen MR) is 113 cm³/mol. The third-order valence-electron chi connectivity index (χ3n) is 4.51. The minimum Gasteiger partial charge on any atom is -0.496 e. The van der Waals surface area contributed by atoms with E-state index in [9.17, 15) is 4.79 Å². The molecule has 0 aliphatic carbocycles. The molecule has 2 aromatic carbocycles. The van der Waals surface area contributed by atoms with Gasteiger partial charge in [0.2, 0.25) is 0 Å². The van der Waals surface area contributed by atoms with Gasteiger partial charge in [0, 0.05) is 22.5 Å². The number of benzene rings is 2. The van der Waals surface area contributed by atoms with Gasteiger partial charge in [0.25, 0.3) is 0 Å². The summed E-state index contributed by atoms with van der Waals surface area (Å²) < 4.78 is 17.2. The number of nitrogens with zero attached hydrogens (tertiary/aromatic N) is 3. The van der Waals surface area contributed by atoms with E-state index in [2.05, 4.69) is 9.36 Å². The first kappa shape index (κ1) is 19.4. The molecule has 0 saturated carbocycles. The lowest BCUT2D eigenvalue weighted by atomic mass is 10.1. The molecule has 2 aromatic heterocycles. The van der Waals surface area contributed by atoms with Crippen molar-refractivity contribution in [2.75, 3.05) is 7.11 Å². The minimum absolute atomic E-state index is 0.166. The Morgan fingerprint density at radius 3 is 2.90 bits per heavy atom. The lowest BCUT2D eigenvalue weighted by molar-refractivity contribution is -0.144. The van der Waals surface area contributed by atoms with Gasteiger partial charge in [-0.05, 0) is 53.5 Å². The van der Waals surface area contributed by atoms with Crippen LogP contribution in [0, 0.1) is 0 Å². The van der Waals surface area contributed by atoms with Crippen molar-refractivity contribution in [3.63, 3.8) is 0 Å². The minimum atomic E-state index is -0.301. The highest BCUT2D eigenvalue weighted by Crippen LogP contribution is 2.33. The fourth-order valence-electron chi connectivity index (χ4n) is 3.03. The maximum Gasteiger partial charge on any atom is 0.311 e. The summed E-state index contributed by atoms with van der Waals surface area (Å²) in [5, 5.41) is 0.591. The summed E-state index contributed by atoms with van der Waals surface area (Å²) in [7, 11) is 3.53. The number of ether oxygens (including phenoxy) is 2. The van der Waals surface area contributed by atoms with Gasteiger partial charge in [-0.3, -0.25) is 4.79 Å². The van der Waals surface area contributed by atoms with Gasteiger partial charge < -0.3 is 14.0 Å². The van der Waals surface area contributed by atoms with Gasteiger partial charge in [-0.25, -0.2) is 4.98 Å². The van der Waals surface area contributed by atoms with Crippen LogP contribution >= 0.6 is 23.1 Å². The monoisotopic (exact) mass is 427 g/mol. The van der Waals surface area contributed by atoms with E-state index in [1.807, 2.05) is 41.9 Å². The summed E-state index contributed by atoms with van der Waals surface area (Å²) in [6, 6.07) is 13.1. The van der Waals surface area contributed by atoms with Crippen LogP contribution in [0.4, 0.5) is 0 Å². The molecule has 6 nitrogen and oxygen atoms in total. The number of carbonyl (C=O) groups excluding carboxylic acids is 1. The molecule has 8 heteroatoms. The van der Waals surface area contributed by atoms with Crippen LogP contribution in [0.2, 0.25) is 5.02 Å². The number of hydrogen-bond acceptors (Lipinski definition) is 6. The largest absolute Gasteiger partial charge is 0.496 e. The smallest absolute Gasteiger partial charge is 0.311 e. The fourth-order valence-corrected chi connectivity index (χ4v) is 3.90. The third kappa shape index (κ3) is 4.26. The van der Waals surface area contributed by atoms with Gasteiger partial charge >= 0.3 is 5.97 Å². The van der Waals surface area contributed by atoms with Crippen molar-refractivity contribution in [1.82, 2.24) is 13.9 Å². The summed E-state index contributed by atoms with van der Waals surface area (Å²) in [5.41, 5.74) is 4.39. The van der Waals surface area contributed by atoms with Crippen LogP contribution in [0.5, 0.6) is 5.75 Å². The van der Waals surface area contributed by atoms with E-state index >= 15 is 0 Å². The Bertz CT molecular complexity index is 1190. The molecule has 4 rings (SSSR count). The zero-order valence-electron chi connectivity index (χ0n) is 15.9. The number of hydrogen-bond donors (Lipinski definition) is 0. The zero-order valence-corrected chi connectivity index (χ0v) is 17.5. The Morgan fingerprint density at radius 2 is 2.07 bits per heavy atom. The Kier molecular flexibility index (Phi) is 5.51. The average molecular weight is 428 g/mol. The summed E-state index contributed by atoms with van der Waals surface area (Å²) in [4.78, 5) is 17.4. The molecular weight excluding hydrogens is 410 g/mol. The lowest BCUT2D eigenvalue weighted by Gasteiger charge is -2.06. The predicted octanol–water partition coefficient (Wildman–Crippen LogP) is 4.64. The Hall–Kier alpha value is -2.90. The standard InChI is InChI=1S/C21H18ClN3O3S/c1-25-12-23-18-7-13(3-6-19(18)25)11-28-21(26)10-15-9-17(24-29-15)16-5-4-14(22)8-20(16)27-2/h3-9,12H,10-11H2,1-2H3. The molecule has 4 aromatic rings. The van der Waals surface area contributed by atoms with Crippen molar-refractivity contribution < 1.29 is 14.3 Å². The van der Waals surface area contributed by atoms with Crippen LogP contribution in [-0.2, 0) is 29.6 Å². The van der Waals surface area contributed by atoms with Crippen molar-refractivity contribution in [2.45, 2.75) is 13.0 Å². The first-order valence-electron chi connectivity index (χ1n) is 8.88. The molecule has 0 spiro atoms. The molecule has 0 bridgehead atoms. The first-order chi connectivity index (χ1) is 14.0. The second kappa shape index (κ2) is 8.23. The average Bonchev–Trinajstić information content (AvgIpc) is 3.33. The molecule has 0 radical (unpaired) electrons. The van der Waals surface area contributed by atoms with Gasteiger partial charge in [0.05, 0.1) is 36.6 Å². The number of fused-ring (bicyclic) bond motifs is 1. The number of rotatable bonds is 6. The molecule has 0 amide bonds. The molecular formula is C21H18ClN3O3S. The maximum absolute atomic E-state index is 12.3. The van der Waals surface area contributed by atoms with E-state index < -0.39 is 0 Å². The molecule has 0 unspecified atom stereocenters. The van der Waals surface area contributed by atoms with Crippen molar-refractivity contribution >= 4 is 40.1 Å². The number of methoxy groups -OCH3 is 1. The van der Waals surface area contributed by atoms with E-state index in [0.717, 1.165) is 32.7 Å². The number of imidazole rings is 1. The quantitative estimate of drug-likeness (QED) is 0.419. The number of carbonyl (C=O) groups is 1. The Balaban J connectivity index is 1.40. The molecule has 0 atom stereocenters. The number of aryl methyl sites for hydroxylation is 1. The van der Waals surface area contributed by atoms with Crippen LogP contribution in [0.1, 0.15) is 10.4 Å². The molecule has 0 N–H and O–H groups in total. The Labute approximate surface area is 176 Å². The van der Waals surface area contributed by atoms with E-state index in [-0.39, 0.29) is 19.0 Å². The lowest BCUT2D eigenvalue weighted by Crippen LogP contribution is -2.07. The molecule has 2 heterocycles. The molecule has 0 aliphatic heterocycles. The summed E-state index contributed by atoms with van der Waals surface area (Å²) in [6.07, 6.45) is 1.93. The summed E-state index contributed by atoms with van der Waals surface area (Å²) in [5.74, 6) is 0.339. The van der Waals surface area contributed by atoms with Crippen LogP contribution < -0.4 is 4.74 Å². The zero-order chi connectivity index (χ0) is 20.4. The number of aromatic nitrogens is 3. The summed E-state index contributed by atoms with van der Waals surface area (Å²) in [6.45, 7) is 0.210. The van der Waals surface area contributed by atoms with Crippen LogP contribution in [-0.4, -0.2) is 27.0 Å². The van der Waals surface area contributed by atoms with Crippen molar-refractivity contribution in [3.8, 4) is 17.0 Å². The number of halogens is 1. The first-order valence-corrected chi connectivity index (χ1v) is 10.0. The van der Waals surface area contributed by atoms with E-state index in [1.54, 1.807) is 25.6 Å². The van der Waals surface area contributed by atoms with E-state index in [4.69, 9.17) is 21.1 Å². The van der Waals surface area contributed by atoms with Gasteiger partial charge in [0.15, 0.2) is 0 Å². The van der Waals surface area contributed by atoms with Crippen molar-refractivity contribution in [1.29, 1.82) is 0 Å². The second-order valence-electron chi connectivity index (χ2n) is 6.54. The number of esters is 1. The molecule has 29 heavy (non-hydrogen) atoms. The van der Waals surface area contributed by atoms with Crippen molar-refractivity contribution in [3.05, 3.63) is 64.3 Å². The van der Waals surface area contributed by atoms with E-state index in [1.165, 1.54) is 11.5 Å². The summed E-state index contributed by atoms with van der Waals surface area (Å²) >= 11 is 7.28. The third-order valence-corrected chi connectivity index (χ3v) is 5.53. The Morgan fingerprint density at radius 1 is 1.21 bits per heavy atom. The SMILES string of the molecule is COc1cc(Cl)ccc1-c1cc(CC(=O)OCc2ccc3c(c2)ncn3C)sn1. The topological polar surface area (TPSA) is 66.2 Å². The normalized spacial score (nSPS) is 11.0. The van der Waals surface area contributed by atoms with Gasteiger partial charge in [-0.15, -0.1) is 0 Å². The van der Waals surface area contributed by atoms with Crippen LogP contribution in [0.3, 0.4) is 0 Å². The van der Waals surface area contributed by atoms with Gasteiger partial charge in [-0.1, -0.05) is 17.7 Å². The maximum atomic E-state index is 12.3. The molecule has 0 aliphatic rings. The fraction of sp³-hybridized carbons (Fsp3) is 0.190. The second-order valence-corrected chi connectivity index (χ2v) is 7.87. The van der Waals surface area contributed by atoms with Crippen molar-refractivity contribution in [2.24, 2.45) is 7.05 Å². The van der Waals surface area contributed by atoms with Crippen LogP contribution in [0.15, 0.2) is 48.8 Å². The van der Waals surface area contributed by atoms with Gasteiger partial charge in [0.1, 0.15) is 12.4 Å². The van der Waals surface area contributed by atoms with Crippen LogP contribution in [0.25, 0.3) is 22.3 Å². The van der Waals surface area contributed by atoms with E-state index in [0.29, 0.717) is 10.8 Å². The molecule has 0 saturated heterocycles. The highest BCUT2D eigenvalue weighted by Gasteiger charge is 2.14. The highest BCUT2D eigenvalue weighted by molar-refractivity contribution is 7.06. The highest BCUT2D eigenvalue weighted by atomic mass is 35.5.